The van der Waals surface area contributed by atoms with E-state index < -0.39 is 6.04 Å². The number of furan rings is 2. The predicted molar refractivity (Wildman–Crippen MR) is 120 cm³/mol. The standard InChI is InChI=1S/C25H22FN3O4/c26-18-7-9-19(10-8-18)27-24(30)23(22-16-17-4-1-2-5-20(17)33-22)28-11-13-29(14-12-28)25(31)21-6-3-15-32-21/h1-10,15-16,23H,11-14H2,(H,27,30). The summed E-state index contributed by atoms with van der Waals surface area (Å²) in [7, 11) is 0. The largest absolute Gasteiger partial charge is 0.459 e. The lowest BCUT2D eigenvalue weighted by Crippen LogP contribution is -2.51. The van der Waals surface area contributed by atoms with Crippen molar-refractivity contribution in [3.8, 4) is 0 Å². The number of anilines is 1. The van der Waals surface area contributed by atoms with Gasteiger partial charge in [-0.25, -0.2) is 4.39 Å². The van der Waals surface area contributed by atoms with Gasteiger partial charge in [0.2, 0.25) is 5.91 Å². The molecule has 1 unspecified atom stereocenters. The van der Waals surface area contributed by atoms with Crippen molar-refractivity contribution >= 4 is 28.5 Å². The molecule has 1 aliphatic heterocycles. The average Bonchev–Trinajstić information content (AvgIpc) is 3.51. The zero-order chi connectivity index (χ0) is 22.8. The van der Waals surface area contributed by atoms with E-state index in [1.165, 1.54) is 30.5 Å². The highest BCUT2D eigenvalue weighted by Gasteiger charge is 2.34. The minimum absolute atomic E-state index is 0.171. The van der Waals surface area contributed by atoms with Crippen LogP contribution in [0.5, 0.6) is 0 Å². The summed E-state index contributed by atoms with van der Waals surface area (Å²) >= 11 is 0. The number of fused-ring (bicyclic) bond motifs is 1. The molecule has 0 saturated carbocycles. The maximum Gasteiger partial charge on any atom is 0.289 e. The highest BCUT2D eigenvalue weighted by Crippen LogP contribution is 2.30. The van der Waals surface area contributed by atoms with Crippen LogP contribution in [-0.2, 0) is 4.79 Å². The fraction of sp³-hybridized carbons (Fsp3) is 0.200. The summed E-state index contributed by atoms with van der Waals surface area (Å²) in [5.74, 6) is -0.0192. The number of piperazine rings is 1. The molecule has 0 bridgehead atoms. The first-order chi connectivity index (χ1) is 16.1. The summed E-state index contributed by atoms with van der Waals surface area (Å²) in [5, 5.41) is 3.76. The molecule has 1 N–H and O–H groups in total. The van der Waals surface area contributed by atoms with Gasteiger partial charge >= 0.3 is 0 Å². The summed E-state index contributed by atoms with van der Waals surface area (Å²) in [4.78, 5) is 29.7. The maximum absolute atomic E-state index is 13.4. The van der Waals surface area contributed by atoms with Gasteiger partial charge < -0.3 is 19.1 Å². The molecule has 2 amide bonds. The maximum atomic E-state index is 13.4. The third kappa shape index (κ3) is 4.38. The van der Waals surface area contributed by atoms with Gasteiger partial charge in [-0.15, -0.1) is 0 Å². The van der Waals surface area contributed by atoms with Crippen molar-refractivity contribution in [3.05, 3.63) is 90.3 Å². The number of halogens is 1. The molecule has 0 aliphatic carbocycles. The molecule has 8 heteroatoms. The zero-order valence-corrected chi connectivity index (χ0v) is 17.7. The lowest BCUT2D eigenvalue weighted by molar-refractivity contribution is -0.122. The lowest BCUT2D eigenvalue weighted by atomic mass is 10.1. The van der Waals surface area contributed by atoms with Crippen molar-refractivity contribution < 1.29 is 22.8 Å². The second-order valence-corrected chi connectivity index (χ2v) is 7.89. The van der Waals surface area contributed by atoms with E-state index in [2.05, 4.69) is 5.32 Å². The Morgan fingerprint density at radius 1 is 0.939 bits per heavy atom. The van der Waals surface area contributed by atoms with Crippen LogP contribution in [0.3, 0.4) is 0 Å². The molecule has 1 atom stereocenters. The number of nitrogens with zero attached hydrogens (tertiary/aromatic N) is 2. The molecule has 2 aromatic heterocycles. The Kier molecular flexibility index (Phi) is 5.66. The van der Waals surface area contributed by atoms with Crippen molar-refractivity contribution in [2.24, 2.45) is 0 Å². The molecule has 3 heterocycles. The molecule has 4 aromatic rings. The van der Waals surface area contributed by atoms with E-state index in [-0.39, 0.29) is 17.6 Å². The first kappa shape index (κ1) is 21.0. The molecule has 7 nitrogen and oxygen atoms in total. The van der Waals surface area contributed by atoms with E-state index in [9.17, 15) is 14.0 Å². The van der Waals surface area contributed by atoms with E-state index >= 15 is 0 Å². The molecule has 33 heavy (non-hydrogen) atoms. The third-order valence-corrected chi connectivity index (χ3v) is 5.77. The highest BCUT2D eigenvalue weighted by atomic mass is 19.1. The van der Waals surface area contributed by atoms with Crippen LogP contribution in [-0.4, -0.2) is 47.8 Å². The molecule has 2 aromatic carbocycles. The Labute approximate surface area is 189 Å². The number of benzene rings is 2. The van der Waals surface area contributed by atoms with E-state index in [0.29, 0.717) is 49.0 Å². The van der Waals surface area contributed by atoms with E-state index in [4.69, 9.17) is 8.83 Å². The van der Waals surface area contributed by atoms with Gasteiger partial charge in [0.15, 0.2) is 5.76 Å². The van der Waals surface area contributed by atoms with Crippen molar-refractivity contribution in [1.82, 2.24) is 9.80 Å². The summed E-state index contributed by atoms with van der Waals surface area (Å²) in [5.41, 5.74) is 1.19. The van der Waals surface area contributed by atoms with Crippen molar-refractivity contribution in [2.45, 2.75) is 6.04 Å². The van der Waals surface area contributed by atoms with Gasteiger partial charge in [-0.05, 0) is 48.5 Å². The molecule has 1 aliphatic rings. The molecule has 0 spiro atoms. The van der Waals surface area contributed by atoms with Crippen LogP contribution in [0, 0.1) is 5.82 Å². The fourth-order valence-electron chi connectivity index (χ4n) is 4.10. The van der Waals surface area contributed by atoms with Gasteiger partial charge in [-0.1, -0.05) is 18.2 Å². The summed E-state index contributed by atoms with van der Waals surface area (Å²) in [6, 6.07) is 17.7. The van der Waals surface area contributed by atoms with Gasteiger partial charge in [0.1, 0.15) is 23.2 Å². The Morgan fingerprint density at radius 3 is 2.39 bits per heavy atom. The fourth-order valence-corrected chi connectivity index (χ4v) is 4.10. The van der Waals surface area contributed by atoms with Gasteiger partial charge in [0.25, 0.3) is 5.91 Å². The number of nitrogens with one attached hydrogen (secondary N) is 1. The first-order valence-electron chi connectivity index (χ1n) is 10.7. The molecule has 1 saturated heterocycles. The normalized spacial score (nSPS) is 15.5. The van der Waals surface area contributed by atoms with E-state index in [1.807, 2.05) is 35.2 Å². The second kappa shape index (κ2) is 8.91. The minimum atomic E-state index is -0.705. The average molecular weight is 447 g/mol. The van der Waals surface area contributed by atoms with Gasteiger partial charge in [0, 0.05) is 37.3 Å². The SMILES string of the molecule is O=C(Nc1ccc(F)cc1)C(c1cc2ccccc2o1)N1CCN(C(=O)c2ccco2)CC1. The van der Waals surface area contributed by atoms with Crippen LogP contribution < -0.4 is 5.32 Å². The van der Waals surface area contributed by atoms with E-state index in [1.54, 1.807) is 17.0 Å². The topological polar surface area (TPSA) is 78.9 Å². The number of para-hydroxylation sites is 1. The van der Waals surface area contributed by atoms with Crippen LogP contribution in [0.25, 0.3) is 11.0 Å². The summed E-state index contributed by atoms with van der Waals surface area (Å²) < 4.78 is 24.6. The van der Waals surface area contributed by atoms with Crippen molar-refractivity contribution in [3.63, 3.8) is 0 Å². The molecule has 1 fully saturated rings. The van der Waals surface area contributed by atoms with Crippen LogP contribution in [0.15, 0.2) is 81.8 Å². The van der Waals surface area contributed by atoms with Crippen LogP contribution in [0.2, 0.25) is 0 Å². The smallest absolute Gasteiger partial charge is 0.289 e. The first-order valence-corrected chi connectivity index (χ1v) is 10.7. The lowest BCUT2D eigenvalue weighted by Gasteiger charge is -2.37. The number of carbonyl (C=O) groups is 2. The number of amides is 2. The minimum Gasteiger partial charge on any atom is -0.459 e. The van der Waals surface area contributed by atoms with Crippen molar-refractivity contribution in [1.29, 1.82) is 0 Å². The quantitative estimate of drug-likeness (QED) is 0.494. The van der Waals surface area contributed by atoms with Crippen LogP contribution >= 0.6 is 0 Å². The number of carbonyl (C=O) groups excluding carboxylic acids is 2. The second-order valence-electron chi connectivity index (χ2n) is 7.89. The Morgan fingerprint density at radius 2 is 1.70 bits per heavy atom. The summed E-state index contributed by atoms with van der Waals surface area (Å²) in [6.45, 7) is 1.84. The highest BCUT2D eigenvalue weighted by molar-refractivity contribution is 5.96. The molecule has 0 radical (unpaired) electrons. The molecular weight excluding hydrogens is 425 g/mol. The molecular formula is C25H22FN3O4. The number of rotatable bonds is 5. The van der Waals surface area contributed by atoms with E-state index in [0.717, 1.165) is 5.39 Å². The summed E-state index contributed by atoms with van der Waals surface area (Å²) in [6.07, 6.45) is 1.47. The Bertz CT molecular complexity index is 1230. The zero-order valence-electron chi connectivity index (χ0n) is 17.7. The van der Waals surface area contributed by atoms with Gasteiger partial charge in [-0.3, -0.25) is 14.5 Å². The Balaban J connectivity index is 1.38. The van der Waals surface area contributed by atoms with Crippen LogP contribution in [0.4, 0.5) is 10.1 Å². The van der Waals surface area contributed by atoms with Crippen molar-refractivity contribution in [2.75, 3.05) is 31.5 Å². The molecule has 168 valence electrons. The third-order valence-electron chi connectivity index (χ3n) is 5.77. The van der Waals surface area contributed by atoms with Crippen LogP contribution in [0.1, 0.15) is 22.4 Å². The predicted octanol–water partition coefficient (Wildman–Crippen LogP) is 4.30. The Hall–Kier alpha value is -3.91. The number of hydrogen-bond acceptors (Lipinski definition) is 5. The monoisotopic (exact) mass is 447 g/mol. The van der Waals surface area contributed by atoms with Gasteiger partial charge in [-0.2, -0.15) is 0 Å². The molecule has 5 rings (SSSR count). The number of hydrogen-bond donors (Lipinski definition) is 1. The van der Waals surface area contributed by atoms with Gasteiger partial charge in [0.05, 0.1) is 6.26 Å².